The molecular weight excluding hydrogens is 311 g/mol. The van der Waals surface area contributed by atoms with Crippen LogP contribution < -0.4 is 5.56 Å². The van der Waals surface area contributed by atoms with Gasteiger partial charge in [0.05, 0.1) is 17.4 Å². The van der Waals surface area contributed by atoms with E-state index in [9.17, 15) is 14.3 Å². The number of nitrogens with zero attached hydrogens (tertiary/aromatic N) is 3. The summed E-state index contributed by atoms with van der Waals surface area (Å²) in [5.74, 6) is -0.236. The van der Waals surface area contributed by atoms with Crippen LogP contribution in [0.15, 0.2) is 59.5 Å². The van der Waals surface area contributed by atoms with Gasteiger partial charge in [-0.3, -0.25) is 4.79 Å². The second-order valence-electron chi connectivity index (χ2n) is 5.31. The number of phenolic OH excluding ortho intramolecular Hbond substituents is 1. The topological polar surface area (TPSA) is 83.8 Å². The smallest absolute Gasteiger partial charge is 0.258 e. The molecule has 0 amide bonds. The third-order valence-electron chi connectivity index (χ3n) is 3.69. The highest BCUT2D eigenvalue weighted by molar-refractivity contribution is 5.82. The molecule has 7 heteroatoms. The van der Waals surface area contributed by atoms with Crippen molar-refractivity contribution in [3.8, 4) is 22.7 Å². The molecule has 2 N–H and O–H groups in total. The molecule has 6 nitrogen and oxygen atoms in total. The predicted octanol–water partition coefficient (Wildman–Crippen LogP) is 2.62. The average molecular weight is 322 g/mol. The molecular formula is C17H11FN4O2. The number of phenols is 1. The summed E-state index contributed by atoms with van der Waals surface area (Å²) in [6, 6.07) is 12.1. The molecule has 0 saturated heterocycles. The zero-order valence-corrected chi connectivity index (χ0v) is 12.3. The van der Waals surface area contributed by atoms with Crippen molar-refractivity contribution in [1.82, 2.24) is 20.0 Å². The lowest BCUT2D eigenvalue weighted by Crippen LogP contribution is -2.08. The van der Waals surface area contributed by atoms with E-state index in [-0.39, 0.29) is 17.1 Å². The lowest BCUT2D eigenvalue weighted by Gasteiger charge is -2.01. The van der Waals surface area contributed by atoms with E-state index in [2.05, 4.69) is 15.3 Å². The second-order valence-corrected chi connectivity index (χ2v) is 5.31. The second kappa shape index (κ2) is 5.31. The summed E-state index contributed by atoms with van der Waals surface area (Å²) in [5, 5.41) is 17.9. The van der Waals surface area contributed by atoms with Crippen LogP contribution in [0, 0.1) is 5.82 Å². The van der Waals surface area contributed by atoms with Crippen molar-refractivity contribution in [1.29, 1.82) is 0 Å². The summed E-state index contributed by atoms with van der Waals surface area (Å²) in [5.41, 5.74) is 1.59. The number of H-pyrrole nitrogens is 1. The van der Waals surface area contributed by atoms with E-state index < -0.39 is 0 Å². The summed E-state index contributed by atoms with van der Waals surface area (Å²) in [4.78, 5) is 15.0. The van der Waals surface area contributed by atoms with Crippen molar-refractivity contribution in [2.75, 3.05) is 0 Å². The molecule has 0 aliphatic heterocycles. The molecule has 2 aromatic heterocycles. The SMILES string of the molecule is O=c1[nH]c2ccc(F)cc2cc1-c1cn(-c2ccc(O)cc2)nn1. The van der Waals surface area contributed by atoms with Gasteiger partial charge in [-0.1, -0.05) is 5.21 Å². The number of benzene rings is 2. The zero-order chi connectivity index (χ0) is 16.7. The lowest BCUT2D eigenvalue weighted by atomic mass is 10.1. The minimum absolute atomic E-state index is 0.145. The molecule has 0 radical (unpaired) electrons. The van der Waals surface area contributed by atoms with E-state index in [1.807, 2.05) is 0 Å². The summed E-state index contributed by atoms with van der Waals surface area (Å²) in [6.45, 7) is 0. The summed E-state index contributed by atoms with van der Waals surface area (Å²) >= 11 is 0. The maximum atomic E-state index is 13.4. The van der Waals surface area contributed by atoms with Crippen LogP contribution in [0.2, 0.25) is 0 Å². The van der Waals surface area contributed by atoms with Gasteiger partial charge in [0, 0.05) is 10.9 Å². The van der Waals surface area contributed by atoms with Gasteiger partial charge in [-0.25, -0.2) is 9.07 Å². The Labute approximate surface area is 134 Å². The molecule has 0 spiro atoms. The number of pyridine rings is 1. The van der Waals surface area contributed by atoms with Crippen molar-refractivity contribution in [2.24, 2.45) is 0 Å². The van der Waals surface area contributed by atoms with Gasteiger partial charge in [-0.15, -0.1) is 5.10 Å². The molecule has 0 atom stereocenters. The largest absolute Gasteiger partial charge is 0.508 e. The van der Waals surface area contributed by atoms with Crippen molar-refractivity contribution in [3.05, 3.63) is 70.9 Å². The highest BCUT2D eigenvalue weighted by atomic mass is 19.1. The first-order valence-corrected chi connectivity index (χ1v) is 7.15. The molecule has 2 heterocycles. The van der Waals surface area contributed by atoms with E-state index in [0.717, 1.165) is 0 Å². The maximum absolute atomic E-state index is 13.4. The standard InChI is InChI=1S/C17H11FN4O2/c18-11-1-6-15-10(7-11)8-14(17(24)19-15)16-9-22(21-20-16)12-2-4-13(23)5-3-12/h1-9,23H,(H,19,24). The number of rotatable bonds is 2. The van der Waals surface area contributed by atoms with Crippen molar-refractivity contribution < 1.29 is 9.50 Å². The molecule has 118 valence electrons. The first-order valence-electron chi connectivity index (χ1n) is 7.15. The number of halogens is 1. The average Bonchev–Trinajstić information content (AvgIpc) is 3.05. The molecule has 0 unspecified atom stereocenters. The monoisotopic (exact) mass is 322 g/mol. The minimum atomic E-state index is -0.381. The summed E-state index contributed by atoms with van der Waals surface area (Å²) in [7, 11) is 0. The first kappa shape index (κ1) is 14.1. The predicted molar refractivity (Wildman–Crippen MR) is 86.5 cm³/mol. The lowest BCUT2D eigenvalue weighted by molar-refractivity contribution is 0.475. The Bertz CT molecular complexity index is 1100. The van der Waals surface area contributed by atoms with Gasteiger partial charge in [0.25, 0.3) is 5.56 Å². The van der Waals surface area contributed by atoms with E-state index in [4.69, 9.17) is 0 Å². The van der Waals surface area contributed by atoms with Gasteiger partial charge < -0.3 is 10.1 Å². The Morgan fingerprint density at radius 1 is 1.08 bits per heavy atom. The van der Waals surface area contributed by atoms with Crippen LogP contribution in [0.3, 0.4) is 0 Å². The van der Waals surface area contributed by atoms with E-state index in [1.54, 1.807) is 24.4 Å². The van der Waals surface area contributed by atoms with Crippen LogP contribution in [0.1, 0.15) is 0 Å². The molecule has 2 aromatic carbocycles. The normalized spacial score (nSPS) is 11.0. The van der Waals surface area contributed by atoms with E-state index in [0.29, 0.717) is 27.8 Å². The van der Waals surface area contributed by atoms with Crippen molar-refractivity contribution >= 4 is 10.9 Å². The Balaban J connectivity index is 1.81. The fourth-order valence-electron chi connectivity index (χ4n) is 2.49. The van der Waals surface area contributed by atoms with Gasteiger partial charge in [0.1, 0.15) is 17.3 Å². The number of hydrogen-bond acceptors (Lipinski definition) is 4. The number of aromatic hydroxyl groups is 1. The highest BCUT2D eigenvalue weighted by Gasteiger charge is 2.11. The molecule has 0 aliphatic carbocycles. The molecule has 4 aromatic rings. The number of nitrogens with one attached hydrogen (secondary N) is 1. The van der Waals surface area contributed by atoms with Crippen LogP contribution in [0.25, 0.3) is 27.8 Å². The number of fused-ring (bicyclic) bond motifs is 1. The van der Waals surface area contributed by atoms with Gasteiger partial charge >= 0.3 is 0 Å². The summed E-state index contributed by atoms with van der Waals surface area (Å²) < 4.78 is 14.9. The molecule has 24 heavy (non-hydrogen) atoms. The molecule has 0 aliphatic rings. The van der Waals surface area contributed by atoms with Crippen LogP contribution in [-0.4, -0.2) is 25.1 Å². The number of aromatic amines is 1. The Hall–Kier alpha value is -3.48. The van der Waals surface area contributed by atoms with E-state index in [1.165, 1.54) is 35.0 Å². The minimum Gasteiger partial charge on any atom is -0.508 e. The molecule has 0 fully saturated rings. The Kier molecular flexibility index (Phi) is 3.13. The van der Waals surface area contributed by atoms with Crippen molar-refractivity contribution in [2.45, 2.75) is 0 Å². The zero-order valence-electron chi connectivity index (χ0n) is 12.3. The van der Waals surface area contributed by atoms with Gasteiger partial charge in [-0.2, -0.15) is 0 Å². The van der Waals surface area contributed by atoms with E-state index >= 15 is 0 Å². The quantitative estimate of drug-likeness (QED) is 0.594. The maximum Gasteiger partial charge on any atom is 0.258 e. The van der Waals surface area contributed by atoms with Crippen LogP contribution in [0.4, 0.5) is 4.39 Å². The summed E-state index contributed by atoms with van der Waals surface area (Å²) in [6.07, 6.45) is 1.60. The first-order chi connectivity index (χ1) is 11.6. The fraction of sp³-hybridized carbons (Fsp3) is 0. The third-order valence-corrected chi connectivity index (χ3v) is 3.69. The van der Waals surface area contributed by atoms with Crippen LogP contribution >= 0.6 is 0 Å². The Morgan fingerprint density at radius 3 is 2.67 bits per heavy atom. The Morgan fingerprint density at radius 2 is 1.88 bits per heavy atom. The number of aromatic nitrogens is 4. The highest BCUT2D eigenvalue weighted by Crippen LogP contribution is 2.20. The molecule has 0 bridgehead atoms. The van der Waals surface area contributed by atoms with Crippen LogP contribution in [0.5, 0.6) is 5.75 Å². The van der Waals surface area contributed by atoms with Crippen LogP contribution in [-0.2, 0) is 0 Å². The van der Waals surface area contributed by atoms with Gasteiger partial charge in [0.15, 0.2) is 0 Å². The van der Waals surface area contributed by atoms with Gasteiger partial charge in [0.2, 0.25) is 0 Å². The van der Waals surface area contributed by atoms with Crippen molar-refractivity contribution in [3.63, 3.8) is 0 Å². The third kappa shape index (κ3) is 2.41. The van der Waals surface area contributed by atoms with Gasteiger partial charge in [-0.05, 0) is 48.5 Å². The fourth-order valence-corrected chi connectivity index (χ4v) is 2.49. The number of hydrogen-bond donors (Lipinski definition) is 2. The molecule has 4 rings (SSSR count). The molecule has 0 saturated carbocycles.